The number of benzene rings is 1. The van der Waals surface area contributed by atoms with E-state index in [1.165, 1.54) is 0 Å². The normalized spacial score (nSPS) is 18.8. The highest BCUT2D eigenvalue weighted by molar-refractivity contribution is 9.10. The van der Waals surface area contributed by atoms with E-state index in [2.05, 4.69) is 15.9 Å². The van der Waals surface area contributed by atoms with Crippen molar-refractivity contribution in [3.63, 3.8) is 0 Å². The quantitative estimate of drug-likeness (QED) is 0.807. The van der Waals surface area contributed by atoms with E-state index in [4.69, 9.17) is 5.73 Å². The maximum atomic E-state index is 13.3. The molecule has 0 aromatic heterocycles. The summed E-state index contributed by atoms with van der Waals surface area (Å²) in [7, 11) is 0. The van der Waals surface area contributed by atoms with Crippen LogP contribution >= 0.6 is 15.9 Å². The van der Waals surface area contributed by atoms with E-state index >= 15 is 0 Å². The van der Waals surface area contributed by atoms with Gasteiger partial charge in [0.2, 0.25) is 0 Å². The molecule has 1 nitrogen and oxygen atoms in total. The van der Waals surface area contributed by atoms with Gasteiger partial charge in [0.25, 0.3) is 0 Å². The van der Waals surface area contributed by atoms with Gasteiger partial charge in [0, 0.05) is 10.0 Å². The van der Waals surface area contributed by atoms with E-state index in [0.717, 1.165) is 22.9 Å². The summed E-state index contributed by atoms with van der Waals surface area (Å²) in [5, 5.41) is 0. The third-order valence-corrected chi connectivity index (χ3v) is 3.47. The van der Waals surface area contributed by atoms with Crippen LogP contribution in [0.1, 0.15) is 24.0 Å². The third-order valence-electron chi connectivity index (χ3n) is 2.64. The highest BCUT2D eigenvalue weighted by Gasteiger charge is 2.40. The van der Waals surface area contributed by atoms with Crippen LogP contribution in [0.5, 0.6) is 0 Å². The highest BCUT2D eigenvalue weighted by Crippen LogP contribution is 2.43. The van der Waals surface area contributed by atoms with Crippen molar-refractivity contribution in [2.45, 2.75) is 25.3 Å². The van der Waals surface area contributed by atoms with Crippen LogP contribution < -0.4 is 5.73 Å². The Balaban J connectivity index is 2.50. The average molecular weight is 244 g/mol. The highest BCUT2D eigenvalue weighted by atomic mass is 79.9. The molecule has 0 spiro atoms. The van der Waals surface area contributed by atoms with Gasteiger partial charge in [0.1, 0.15) is 5.82 Å². The zero-order valence-electron chi connectivity index (χ0n) is 7.40. The SMILES string of the molecule is Cc1c(F)cc(C2(N)CC2)cc1Br. The lowest BCUT2D eigenvalue weighted by atomic mass is 10.0. The minimum Gasteiger partial charge on any atom is -0.321 e. The number of hydrogen-bond acceptors (Lipinski definition) is 1. The molecule has 1 aromatic rings. The second-order valence-corrected chi connectivity index (χ2v) is 4.58. The van der Waals surface area contributed by atoms with Crippen molar-refractivity contribution >= 4 is 15.9 Å². The first-order valence-corrected chi connectivity index (χ1v) is 5.07. The Kier molecular flexibility index (Phi) is 1.96. The molecule has 0 saturated heterocycles. The molecule has 13 heavy (non-hydrogen) atoms. The van der Waals surface area contributed by atoms with E-state index in [1.54, 1.807) is 13.0 Å². The van der Waals surface area contributed by atoms with Gasteiger partial charge in [0.05, 0.1) is 0 Å². The molecular formula is C10H11BrFN. The lowest BCUT2D eigenvalue weighted by Crippen LogP contribution is -2.19. The second-order valence-electron chi connectivity index (χ2n) is 3.72. The summed E-state index contributed by atoms with van der Waals surface area (Å²) in [6.07, 6.45) is 1.92. The summed E-state index contributed by atoms with van der Waals surface area (Å²) >= 11 is 3.32. The van der Waals surface area contributed by atoms with Crippen LogP contribution in [0.2, 0.25) is 0 Å². The molecule has 1 saturated carbocycles. The maximum Gasteiger partial charge on any atom is 0.127 e. The summed E-state index contributed by atoms with van der Waals surface area (Å²) in [5.74, 6) is -0.180. The molecule has 1 aliphatic rings. The Morgan fingerprint density at radius 2 is 2.08 bits per heavy atom. The van der Waals surface area contributed by atoms with E-state index in [9.17, 15) is 4.39 Å². The summed E-state index contributed by atoms with van der Waals surface area (Å²) < 4.78 is 14.1. The molecule has 1 aromatic carbocycles. The smallest absolute Gasteiger partial charge is 0.127 e. The molecule has 0 radical (unpaired) electrons. The Morgan fingerprint density at radius 3 is 2.54 bits per heavy atom. The first-order valence-electron chi connectivity index (χ1n) is 4.28. The Bertz CT molecular complexity index is 335. The predicted octanol–water partition coefficient (Wildman–Crippen LogP) is 2.84. The molecule has 2 N–H and O–H groups in total. The van der Waals surface area contributed by atoms with Crippen LogP contribution in [-0.2, 0) is 5.54 Å². The molecule has 0 heterocycles. The van der Waals surface area contributed by atoms with Crippen molar-refractivity contribution in [1.29, 1.82) is 0 Å². The zero-order chi connectivity index (χ0) is 9.64. The minimum atomic E-state index is -0.253. The molecular weight excluding hydrogens is 233 g/mol. The largest absolute Gasteiger partial charge is 0.321 e. The van der Waals surface area contributed by atoms with E-state index in [0.29, 0.717) is 5.56 Å². The molecule has 0 bridgehead atoms. The lowest BCUT2D eigenvalue weighted by molar-refractivity contribution is 0.608. The molecule has 0 atom stereocenters. The monoisotopic (exact) mass is 243 g/mol. The fourth-order valence-corrected chi connectivity index (χ4v) is 1.79. The van der Waals surface area contributed by atoms with Gasteiger partial charge in [-0.1, -0.05) is 15.9 Å². The average Bonchev–Trinajstić information content (AvgIpc) is 2.80. The molecule has 0 unspecified atom stereocenters. The van der Waals surface area contributed by atoms with Crippen LogP contribution in [0.15, 0.2) is 16.6 Å². The van der Waals surface area contributed by atoms with E-state index in [1.807, 2.05) is 6.07 Å². The molecule has 70 valence electrons. The van der Waals surface area contributed by atoms with Gasteiger partial charge >= 0.3 is 0 Å². The topological polar surface area (TPSA) is 26.0 Å². The molecule has 0 aliphatic heterocycles. The molecule has 3 heteroatoms. The second kappa shape index (κ2) is 2.79. The van der Waals surface area contributed by atoms with E-state index in [-0.39, 0.29) is 11.4 Å². The Labute approximate surface area is 85.3 Å². The fourth-order valence-electron chi connectivity index (χ4n) is 1.36. The van der Waals surface area contributed by atoms with Crippen LogP contribution in [0.4, 0.5) is 4.39 Å². The number of hydrogen-bond donors (Lipinski definition) is 1. The van der Waals surface area contributed by atoms with Crippen LogP contribution in [0.25, 0.3) is 0 Å². The summed E-state index contributed by atoms with van der Waals surface area (Å²) in [5.41, 5.74) is 7.27. The predicted molar refractivity (Wildman–Crippen MR) is 53.9 cm³/mol. The number of nitrogens with two attached hydrogens (primary N) is 1. The Hall–Kier alpha value is -0.410. The van der Waals surface area contributed by atoms with Crippen LogP contribution in [0, 0.1) is 12.7 Å². The van der Waals surface area contributed by atoms with Gasteiger partial charge in [-0.25, -0.2) is 4.39 Å². The zero-order valence-corrected chi connectivity index (χ0v) is 8.99. The number of rotatable bonds is 1. The van der Waals surface area contributed by atoms with Crippen molar-refractivity contribution in [2.75, 3.05) is 0 Å². The first kappa shape index (κ1) is 9.16. The van der Waals surface area contributed by atoms with Gasteiger partial charge in [-0.2, -0.15) is 0 Å². The van der Waals surface area contributed by atoms with Crippen molar-refractivity contribution in [3.8, 4) is 0 Å². The lowest BCUT2D eigenvalue weighted by Gasteiger charge is -2.11. The standard InChI is InChI=1S/C10H11BrFN/c1-6-8(11)4-7(5-9(6)12)10(13)2-3-10/h4-5H,2-3,13H2,1H3. The summed E-state index contributed by atoms with van der Waals surface area (Å²) in [6.45, 7) is 1.75. The fraction of sp³-hybridized carbons (Fsp3) is 0.400. The van der Waals surface area contributed by atoms with Crippen molar-refractivity contribution in [3.05, 3.63) is 33.5 Å². The van der Waals surface area contributed by atoms with Gasteiger partial charge in [0.15, 0.2) is 0 Å². The van der Waals surface area contributed by atoms with Gasteiger partial charge in [-0.15, -0.1) is 0 Å². The van der Waals surface area contributed by atoms with Crippen LogP contribution in [-0.4, -0.2) is 0 Å². The summed E-state index contributed by atoms with van der Waals surface area (Å²) in [6, 6.07) is 3.47. The third kappa shape index (κ3) is 1.51. The first-order chi connectivity index (χ1) is 6.03. The van der Waals surface area contributed by atoms with Crippen molar-refractivity contribution < 1.29 is 4.39 Å². The van der Waals surface area contributed by atoms with Crippen LogP contribution in [0.3, 0.4) is 0 Å². The number of halogens is 2. The van der Waals surface area contributed by atoms with Gasteiger partial charge < -0.3 is 5.73 Å². The molecule has 0 amide bonds. The van der Waals surface area contributed by atoms with E-state index < -0.39 is 0 Å². The minimum absolute atomic E-state index is 0.180. The maximum absolute atomic E-state index is 13.3. The van der Waals surface area contributed by atoms with Crippen molar-refractivity contribution in [2.24, 2.45) is 5.73 Å². The molecule has 1 fully saturated rings. The van der Waals surface area contributed by atoms with Gasteiger partial charge in [-0.05, 0) is 43.0 Å². The molecule has 2 rings (SSSR count). The van der Waals surface area contributed by atoms with Gasteiger partial charge in [-0.3, -0.25) is 0 Å². The Morgan fingerprint density at radius 1 is 1.46 bits per heavy atom. The molecule has 1 aliphatic carbocycles. The van der Waals surface area contributed by atoms with Crippen molar-refractivity contribution in [1.82, 2.24) is 0 Å². The summed E-state index contributed by atoms with van der Waals surface area (Å²) in [4.78, 5) is 0.